The summed E-state index contributed by atoms with van der Waals surface area (Å²) < 4.78 is 40.8. The third-order valence-corrected chi connectivity index (χ3v) is 8.35. The number of hydrogen-bond donors (Lipinski definition) is 0. The Balaban J connectivity index is 1.40. The van der Waals surface area contributed by atoms with Crippen molar-refractivity contribution in [3.8, 4) is 0 Å². The summed E-state index contributed by atoms with van der Waals surface area (Å²) in [5.74, 6) is 2.28. The first-order chi connectivity index (χ1) is 14.5. The van der Waals surface area contributed by atoms with Crippen molar-refractivity contribution in [3.05, 3.63) is 46.8 Å². The molecule has 0 radical (unpaired) electrons. The molecule has 5 atom stereocenters. The van der Waals surface area contributed by atoms with Crippen LogP contribution in [0.3, 0.4) is 0 Å². The highest BCUT2D eigenvalue weighted by molar-refractivity contribution is 5.38. The molecule has 0 aliphatic heterocycles. The van der Waals surface area contributed by atoms with Gasteiger partial charge in [0.05, 0.1) is 0 Å². The lowest BCUT2D eigenvalue weighted by Crippen LogP contribution is -2.30. The molecule has 2 saturated carbocycles. The van der Waals surface area contributed by atoms with E-state index >= 15 is 4.39 Å². The fourth-order valence-corrected chi connectivity index (χ4v) is 6.68. The van der Waals surface area contributed by atoms with Gasteiger partial charge in [-0.2, -0.15) is 8.78 Å². The molecule has 3 heteroatoms. The van der Waals surface area contributed by atoms with Crippen molar-refractivity contribution in [1.82, 2.24) is 0 Å². The third-order valence-electron chi connectivity index (χ3n) is 8.35. The summed E-state index contributed by atoms with van der Waals surface area (Å²) in [5, 5.41) is 0. The normalized spacial score (nSPS) is 31.0. The van der Waals surface area contributed by atoms with Crippen LogP contribution in [0.1, 0.15) is 100 Å². The minimum atomic E-state index is -1.53. The first-order valence-electron chi connectivity index (χ1n) is 12.4. The van der Waals surface area contributed by atoms with Crippen molar-refractivity contribution < 1.29 is 13.2 Å². The minimum Gasteiger partial charge on any atom is -0.206 e. The van der Waals surface area contributed by atoms with Crippen molar-refractivity contribution in [1.29, 1.82) is 0 Å². The molecule has 0 bridgehead atoms. The highest BCUT2D eigenvalue weighted by atomic mass is 19.3. The number of fused-ring (bicyclic) bond motifs is 2. The van der Waals surface area contributed by atoms with E-state index in [2.05, 4.69) is 19.1 Å². The lowest BCUT2D eigenvalue weighted by atomic mass is 9.63. The molecule has 0 saturated heterocycles. The van der Waals surface area contributed by atoms with Crippen LogP contribution in [0.2, 0.25) is 0 Å². The monoisotopic (exact) mass is 418 g/mol. The van der Waals surface area contributed by atoms with Crippen LogP contribution in [-0.4, -0.2) is 0 Å². The van der Waals surface area contributed by atoms with E-state index in [1.54, 1.807) is 0 Å². The summed E-state index contributed by atoms with van der Waals surface area (Å²) in [4.78, 5) is 0. The van der Waals surface area contributed by atoms with E-state index in [-0.39, 0.29) is 11.7 Å². The van der Waals surface area contributed by atoms with Gasteiger partial charge in [0, 0.05) is 0 Å². The molecule has 0 amide bonds. The summed E-state index contributed by atoms with van der Waals surface area (Å²) in [6.07, 6.45) is 13.7. The van der Waals surface area contributed by atoms with E-state index in [1.165, 1.54) is 37.3 Å². The van der Waals surface area contributed by atoms with Gasteiger partial charge in [-0.25, -0.2) is 4.39 Å². The Bertz CT molecular complexity index is 749. The van der Waals surface area contributed by atoms with Crippen molar-refractivity contribution in [2.24, 2.45) is 23.7 Å². The van der Waals surface area contributed by atoms with Crippen LogP contribution in [0.25, 0.3) is 0 Å². The molecule has 0 N–H and O–H groups in total. The molecule has 5 unspecified atom stereocenters. The lowest BCUT2D eigenvalue weighted by molar-refractivity contribution is 0.131. The number of benzene rings is 1. The van der Waals surface area contributed by atoms with Crippen molar-refractivity contribution in [2.75, 3.05) is 0 Å². The Morgan fingerprint density at radius 1 is 1.00 bits per heavy atom. The Hall–Kier alpha value is -1.25. The molecular weight excluding hydrogens is 381 g/mol. The van der Waals surface area contributed by atoms with Crippen LogP contribution >= 0.6 is 0 Å². The van der Waals surface area contributed by atoms with Gasteiger partial charge in [-0.15, -0.1) is 0 Å². The van der Waals surface area contributed by atoms with Gasteiger partial charge in [-0.05, 0) is 110 Å². The van der Waals surface area contributed by atoms with Crippen LogP contribution in [0, 0.1) is 29.5 Å². The van der Waals surface area contributed by atoms with Gasteiger partial charge >= 0.3 is 0 Å². The number of halogens is 3. The average Bonchev–Trinajstić information content (AvgIpc) is 2.73. The van der Waals surface area contributed by atoms with Crippen LogP contribution < -0.4 is 0 Å². The van der Waals surface area contributed by atoms with Crippen LogP contribution in [-0.2, 0) is 12.8 Å². The fraction of sp³-hybridized carbons (Fsp3) is 0.704. The SMILES string of the molecule is CCCCCC1CCc2c(ccc(C3CCC4CC(C=C(F)F)CCC4C3)c2F)C1. The number of rotatable bonds is 6. The predicted octanol–water partition coefficient (Wildman–Crippen LogP) is 8.59. The molecule has 0 nitrogen and oxygen atoms in total. The van der Waals surface area contributed by atoms with Crippen LogP contribution in [0.15, 0.2) is 24.3 Å². The largest absolute Gasteiger partial charge is 0.266 e. The maximum Gasteiger partial charge on any atom is 0.266 e. The zero-order chi connectivity index (χ0) is 21.1. The zero-order valence-electron chi connectivity index (χ0n) is 18.4. The molecule has 1 aromatic rings. The van der Waals surface area contributed by atoms with Gasteiger partial charge in [0.2, 0.25) is 0 Å². The van der Waals surface area contributed by atoms with Gasteiger partial charge in [0.25, 0.3) is 6.08 Å². The second kappa shape index (κ2) is 9.92. The highest BCUT2D eigenvalue weighted by Crippen LogP contribution is 2.49. The van der Waals surface area contributed by atoms with E-state index in [1.807, 2.05) is 0 Å². The average molecular weight is 419 g/mol. The lowest BCUT2D eigenvalue weighted by Gasteiger charge is -2.42. The Morgan fingerprint density at radius 3 is 2.60 bits per heavy atom. The molecule has 3 aliphatic rings. The van der Waals surface area contributed by atoms with Crippen LogP contribution in [0.4, 0.5) is 13.2 Å². The summed E-state index contributed by atoms with van der Waals surface area (Å²) in [7, 11) is 0. The maximum absolute atomic E-state index is 15.5. The summed E-state index contributed by atoms with van der Waals surface area (Å²) >= 11 is 0. The Kier molecular flexibility index (Phi) is 7.26. The van der Waals surface area contributed by atoms with Gasteiger partial charge in [-0.1, -0.05) is 44.7 Å². The molecule has 4 rings (SSSR count). The van der Waals surface area contributed by atoms with Crippen molar-refractivity contribution in [3.63, 3.8) is 0 Å². The summed E-state index contributed by atoms with van der Waals surface area (Å²) in [6.45, 7) is 2.24. The third kappa shape index (κ3) is 4.97. The van der Waals surface area contributed by atoms with E-state index in [0.717, 1.165) is 74.8 Å². The molecule has 3 aliphatic carbocycles. The standard InChI is InChI=1S/C27H37F3/c1-2-3-4-5-18-7-12-24-22(14-18)11-13-25(27(24)30)23-10-9-20-15-19(16-26(28)29)6-8-21(20)17-23/h11,13,16,18-21,23H,2-10,12,14-15,17H2,1H3. The molecule has 0 heterocycles. The molecular formula is C27H37F3. The minimum absolute atomic E-state index is 0.0403. The summed E-state index contributed by atoms with van der Waals surface area (Å²) in [6, 6.07) is 4.30. The van der Waals surface area contributed by atoms with E-state index in [9.17, 15) is 8.78 Å². The zero-order valence-corrected chi connectivity index (χ0v) is 18.4. The van der Waals surface area contributed by atoms with Gasteiger partial charge in [0.1, 0.15) is 5.82 Å². The van der Waals surface area contributed by atoms with Crippen LogP contribution in [0.5, 0.6) is 0 Å². The molecule has 0 spiro atoms. The van der Waals surface area contributed by atoms with Crippen molar-refractivity contribution in [2.45, 2.75) is 96.3 Å². The maximum atomic E-state index is 15.5. The van der Waals surface area contributed by atoms with E-state index in [0.29, 0.717) is 17.8 Å². The van der Waals surface area contributed by atoms with Crippen molar-refractivity contribution >= 4 is 0 Å². The number of hydrogen-bond acceptors (Lipinski definition) is 0. The second-order valence-electron chi connectivity index (χ2n) is 10.3. The first kappa shape index (κ1) is 22.0. The summed E-state index contributed by atoms with van der Waals surface area (Å²) in [5.41, 5.74) is 3.18. The molecule has 166 valence electrons. The fourth-order valence-electron chi connectivity index (χ4n) is 6.68. The van der Waals surface area contributed by atoms with Gasteiger partial charge < -0.3 is 0 Å². The van der Waals surface area contributed by atoms with Gasteiger partial charge in [-0.3, -0.25) is 0 Å². The number of allylic oxidation sites excluding steroid dienone is 1. The quantitative estimate of drug-likeness (QED) is 0.406. The number of unbranched alkanes of at least 4 members (excludes halogenated alkanes) is 2. The van der Waals surface area contributed by atoms with E-state index < -0.39 is 6.08 Å². The molecule has 2 fully saturated rings. The molecule has 0 aromatic heterocycles. The van der Waals surface area contributed by atoms with Gasteiger partial charge in [0.15, 0.2) is 0 Å². The first-order valence-corrected chi connectivity index (χ1v) is 12.4. The molecule has 30 heavy (non-hydrogen) atoms. The smallest absolute Gasteiger partial charge is 0.206 e. The Labute approximate surface area is 180 Å². The predicted molar refractivity (Wildman–Crippen MR) is 117 cm³/mol. The highest BCUT2D eigenvalue weighted by Gasteiger charge is 2.37. The van der Waals surface area contributed by atoms with E-state index in [4.69, 9.17) is 0 Å². The second-order valence-corrected chi connectivity index (χ2v) is 10.3. The topological polar surface area (TPSA) is 0 Å². The molecule has 1 aromatic carbocycles. The Morgan fingerprint density at radius 2 is 1.80 bits per heavy atom.